The molecule has 2 unspecified atom stereocenters. The van der Waals surface area contributed by atoms with Crippen molar-refractivity contribution in [2.75, 3.05) is 0 Å². The molecule has 184 valence electrons. The number of rotatable bonds is 6. The summed E-state index contributed by atoms with van der Waals surface area (Å²) in [5.74, 6) is 0. The van der Waals surface area contributed by atoms with Crippen LogP contribution in [0.4, 0.5) is 0 Å². The van der Waals surface area contributed by atoms with E-state index in [4.69, 9.17) is 0 Å². The van der Waals surface area contributed by atoms with Crippen molar-refractivity contribution in [1.82, 2.24) is 0 Å². The van der Waals surface area contributed by atoms with Gasteiger partial charge < -0.3 is 0 Å². The molecule has 0 radical (unpaired) electrons. The number of hydrogen-bond donors (Lipinski definition) is 0. The van der Waals surface area contributed by atoms with Gasteiger partial charge in [0.2, 0.25) is 0 Å². The zero-order valence-electron chi connectivity index (χ0n) is 22.2. The third kappa shape index (κ3) is 3.86. The zero-order chi connectivity index (χ0) is 25.5. The van der Waals surface area contributed by atoms with E-state index >= 15 is 0 Å². The van der Waals surface area contributed by atoms with Gasteiger partial charge in [-0.2, -0.15) is 0 Å². The summed E-state index contributed by atoms with van der Waals surface area (Å²) in [6.45, 7) is 7.27. The molecule has 4 aromatic carbocycles. The van der Waals surface area contributed by atoms with Crippen molar-refractivity contribution in [2.24, 2.45) is 0 Å². The van der Waals surface area contributed by atoms with Gasteiger partial charge in [0.25, 0.3) is 0 Å². The Labute approximate surface area is 223 Å². The van der Waals surface area contributed by atoms with Gasteiger partial charge in [-0.05, 0) is 0 Å². The zero-order valence-corrected chi connectivity index (χ0v) is 25.8. The van der Waals surface area contributed by atoms with Crippen molar-refractivity contribution in [1.29, 1.82) is 0 Å². The summed E-state index contributed by atoms with van der Waals surface area (Å²) >= 11 is -4.35. The van der Waals surface area contributed by atoms with Gasteiger partial charge in [0.15, 0.2) is 0 Å². The molecule has 37 heavy (non-hydrogen) atoms. The van der Waals surface area contributed by atoms with Crippen LogP contribution in [0.3, 0.4) is 0 Å². The van der Waals surface area contributed by atoms with E-state index in [1.54, 1.807) is 22.3 Å². The maximum absolute atomic E-state index is 4.35. The molecule has 0 saturated carbocycles. The van der Waals surface area contributed by atoms with Crippen molar-refractivity contribution in [2.45, 2.75) is 36.5 Å². The van der Waals surface area contributed by atoms with Crippen molar-refractivity contribution in [3.05, 3.63) is 154 Å². The minimum atomic E-state index is -4.35. The molecule has 0 saturated heterocycles. The predicted molar refractivity (Wildman–Crippen MR) is 158 cm³/mol. The van der Waals surface area contributed by atoms with Crippen LogP contribution >= 0.6 is 0 Å². The monoisotopic (exact) mass is 648 g/mol. The normalized spacial score (nSPS) is 18.6. The molecule has 4 aromatic rings. The third-order valence-corrected chi connectivity index (χ3v) is 40.1. The Kier molecular flexibility index (Phi) is 6.24. The summed E-state index contributed by atoms with van der Waals surface area (Å²) < 4.78 is 6.14. The molecule has 0 nitrogen and oxygen atoms in total. The minimum absolute atomic E-state index is 0.470. The molecule has 0 aliphatic heterocycles. The summed E-state index contributed by atoms with van der Waals surface area (Å²) in [5.41, 5.74) is 12.0. The first-order valence-electron chi connectivity index (χ1n) is 13.6. The molecule has 0 bridgehead atoms. The SMILES string of the molecule is C[CH]=[Hf]([CH2]c1ccccc1)([CH2]c1ccccc1)([CH]1C(C)=Cc2ccccc21)[CH]1C(C)=Cc2ccccc21. The first kappa shape index (κ1) is 24.4. The van der Waals surface area contributed by atoms with E-state index in [1.165, 1.54) is 30.6 Å². The summed E-state index contributed by atoms with van der Waals surface area (Å²) in [6, 6.07) is 41.2. The van der Waals surface area contributed by atoms with Gasteiger partial charge in [-0.25, -0.2) is 0 Å². The fourth-order valence-corrected chi connectivity index (χ4v) is 42.2. The Morgan fingerprint density at radius 1 is 0.541 bits per heavy atom. The van der Waals surface area contributed by atoms with Crippen molar-refractivity contribution >= 4 is 15.9 Å². The molecule has 0 N–H and O–H groups in total. The summed E-state index contributed by atoms with van der Waals surface area (Å²) in [4.78, 5) is 0. The fraction of sp³-hybridized carbons (Fsp3) is 0.194. The predicted octanol–water partition coefficient (Wildman–Crippen LogP) is 9.21. The molecular formula is C36H36Hf. The average Bonchev–Trinajstić information content (AvgIpc) is 3.46. The second-order valence-electron chi connectivity index (χ2n) is 11.5. The Morgan fingerprint density at radius 2 is 0.919 bits per heavy atom. The quantitative estimate of drug-likeness (QED) is 0.183. The van der Waals surface area contributed by atoms with Crippen LogP contribution in [-0.4, -0.2) is 3.76 Å². The van der Waals surface area contributed by atoms with Crippen LogP contribution in [0.5, 0.6) is 0 Å². The number of allylic oxidation sites excluding steroid dienone is 2. The van der Waals surface area contributed by atoms with Crippen LogP contribution in [0.25, 0.3) is 12.2 Å². The molecule has 0 aromatic heterocycles. The van der Waals surface area contributed by atoms with Crippen molar-refractivity contribution in [3.8, 4) is 0 Å². The van der Waals surface area contributed by atoms with Crippen LogP contribution < -0.4 is 0 Å². The van der Waals surface area contributed by atoms with Crippen LogP contribution in [0.15, 0.2) is 120 Å². The van der Waals surface area contributed by atoms with Crippen LogP contribution in [0.2, 0.25) is 0 Å². The van der Waals surface area contributed by atoms with Crippen LogP contribution in [0, 0.1) is 0 Å². The molecule has 2 aliphatic rings. The molecule has 0 spiro atoms. The van der Waals surface area contributed by atoms with E-state index in [9.17, 15) is 0 Å². The summed E-state index contributed by atoms with van der Waals surface area (Å²) in [5, 5.41) is 0. The topological polar surface area (TPSA) is 0 Å². The molecule has 0 amide bonds. The van der Waals surface area contributed by atoms with Crippen LogP contribution in [0.1, 0.15) is 61.5 Å². The van der Waals surface area contributed by atoms with E-state index in [0.29, 0.717) is 7.35 Å². The molecule has 0 heterocycles. The fourth-order valence-electron chi connectivity index (χ4n) is 8.29. The first-order chi connectivity index (χ1) is 18.0. The molecular weight excluding hydrogens is 611 g/mol. The molecule has 1 heteroatoms. The first-order valence-corrected chi connectivity index (χ1v) is 24.9. The van der Waals surface area contributed by atoms with Gasteiger partial charge in [0.1, 0.15) is 0 Å². The Hall–Kier alpha value is -2.90. The van der Waals surface area contributed by atoms with Crippen LogP contribution in [-0.2, 0) is 26.4 Å². The van der Waals surface area contributed by atoms with E-state index in [1.807, 2.05) is 0 Å². The van der Waals surface area contributed by atoms with E-state index in [-0.39, 0.29) is 0 Å². The van der Waals surface area contributed by atoms with Gasteiger partial charge in [0, 0.05) is 0 Å². The Balaban J connectivity index is 1.74. The molecule has 6 rings (SSSR count). The van der Waals surface area contributed by atoms with Gasteiger partial charge in [-0.1, -0.05) is 0 Å². The second-order valence-corrected chi connectivity index (χ2v) is 34.4. The number of fused-ring (bicyclic) bond motifs is 2. The van der Waals surface area contributed by atoms with Crippen molar-refractivity contribution in [3.63, 3.8) is 0 Å². The Bertz CT molecular complexity index is 1470. The maximum atomic E-state index is 2.84. The van der Waals surface area contributed by atoms with Gasteiger partial charge in [-0.3, -0.25) is 0 Å². The van der Waals surface area contributed by atoms with E-state index in [0.717, 1.165) is 0 Å². The van der Waals surface area contributed by atoms with E-state index in [2.05, 4.69) is 146 Å². The number of benzene rings is 4. The summed E-state index contributed by atoms with van der Waals surface area (Å²) in [7, 11) is 0. The molecule has 0 fully saturated rings. The Morgan fingerprint density at radius 3 is 1.32 bits per heavy atom. The average molecular weight is 647 g/mol. The van der Waals surface area contributed by atoms with Crippen molar-refractivity contribution < 1.29 is 18.0 Å². The standard InChI is InChI=1S/2C10H9.2C7H7.C2H4.Hf/c2*1-8-6-9-4-2-3-5-10(9)7-8;2*1-7-5-3-2-4-6-7;1-2;/h2*2-7H,1H3;2*2-6H,1H2;1H,2H3;. The third-order valence-electron chi connectivity index (χ3n) is 9.47. The van der Waals surface area contributed by atoms with Gasteiger partial charge in [0.05, 0.1) is 0 Å². The van der Waals surface area contributed by atoms with Gasteiger partial charge >= 0.3 is 224 Å². The summed E-state index contributed by atoms with van der Waals surface area (Å²) in [6.07, 6.45) is 4.99. The molecule has 2 atom stereocenters. The number of hydrogen-bond acceptors (Lipinski definition) is 0. The second kappa shape index (κ2) is 9.44. The van der Waals surface area contributed by atoms with E-state index < -0.39 is 18.0 Å². The van der Waals surface area contributed by atoms with Gasteiger partial charge in [-0.15, -0.1) is 0 Å². The molecule has 2 aliphatic carbocycles.